The van der Waals surface area contributed by atoms with Gasteiger partial charge in [-0.25, -0.2) is 4.79 Å². The summed E-state index contributed by atoms with van der Waals surface area (Å²) in [7, 11) is 0. The summed E-state index contributed by atoms with van der Waals surface area (Å²) < 4.78 is 42.9. The van der Waals surface area contributed by atoms with Gasteiger partial charge in [0.15, 0.2) is 0 Å². The van der Waals surface area contributed by atoms with Crippen molar-refractivity contribution in [1.82, 2.24) is 9.80 Å². The number of alkyl halides is 3. The quantitative estimate of drug-likeness (QED) is 0.768. The summed E-state index contributed by atoms with van der Waals surface area (Å²) >= 11 is 0. The lowest BCUT2D eigenvalue weighted by Crippen LogP contribution is -2.53. The van der Waals surface area contributed by atoms with E-state index in [0.717, 1.165) is 64.4 Å². The number of carbonyl (C=O) groups is 2. The van der Waals surface area contributed by atoms with Crippen LogP contribution in [-0.2, 0) is 20.9 Å². The van der Waals surface area contributed by atoms with E-state index >= 15 is 0 Å². The summed E-state index contributed by atoms with van der Waals surface area (Å²) in [6, 6.07) is 2.47. The van der Waals surface area contributed by atoms with Crippen molar-refractivity contribution < 1.29 is 37.0 Å². The molecule has 4 rings (SSSR count). The Morgan fingerprint density at radius 3 is 2.48 bits per heavy atom. The van der Waals surface area contributed by atoms with Crippen LogP contribution in [-0.4, -0.2) is 71.3 Å². The maximum Gasteiger partial charge on any atom is 0.490 e. The van der Waals surface area contributed by atoms with Gasteiger partial charge in [0.05, 0.1) is 24.5 Å². The summed E-state index contributed by atoms with van der Waals surface area (Å²) in [5.41, 5.74) is 1.18. The van der Waals surface area contributed by atoms with Crippen molar-refractivity contribution in [2.24, 2.45) is 11.8 Å². The van der Waals surface area contributed by atoms with Crippen molar-refractivity contribution in [2.75, 3.05) is 26.2 Å². The number of carbonyl (C=O) groups excluding carboxylic acids is 1. The number of rotatable bonds is 3. The number of hydrogen-bond donors (Lipinski definition) is 1. The Balaban J connectivity index is 0.000000339. The molecule has 1 aromatic heterocycles. The number of fused-ring (bicyclic) bond motifs is 1. The van der Waals surface area contributed by atoms with Crippen LogP contribution in [0.25, 0.3) is 0 Å². The van der Waals surface area contributed by atoms with Crippen LogP contribution in [0.4, 0.5) is 13.2 Å². The molecule has 0 spiro atoms. The lowest BCUT2D eigenvalue weighted by Gasteiger charge is -2.42. The van der Waals surface area contributed by atoms with Crippen molar-refractivity contribution >= 4 is 11.9 Å². The largest absolute Gasteiger partial charge is 0.490 e. The van der Waals surface area contributed by atoms with Crippen molar-refractivity contribution in [2.45, 2.75) is 57.5 Å². The first-order valence-corrected chi connectivity index (χ1v) is 10.6. The number of likely N-dealkylation sites (tertiary alicyclic amines) is 2. The molecule has 0 unspecified atom stereocenters. The number of piperidine rings is 2. The molecule has 3 saturated heterocycles. The number of ether oxygens (including phenoxy) is 1. The van der Waals surface area contributed by atoms with E-state index in [1.54, 1.807) is 6.26 Å². The minimum absolute atomic E-state index is 0.0738. The third-order valence-electron chi connectivity index (χ3n) is 6.27. The molecule has 3 aliphatic rings. The number of carboxylic acid groups (broad SMARTS) is 1. The van der Waals surface area contributed by atoms with Crippen LogP contribution in [0.1, 0.15) is 38.2 Å². The molecule has 3 atom stereocenters. The Morgan fingerprint density at radius 2 is 1.90 bits per heavy atom. The van der Waals surface area contributed by atoms with Gasteiger partial charge in [-0.05, 0) is 37.7 Å². The molecule has 0 saturated carbocycles. The smallest absolute Gasteiger partial charge is 0.475 e. The van der Waals surface area contributed by atoms with E-state index in [2.05, 4.69) is 16.7 Å². The first kappa shape index (κ1) is 23.6. The van der Waals surface area contributed by atoms with Crippen LogP contribution < -0.4 is 0 Å². The zero-order valence-corrected chi connectivity index (χ0v) is 17.5. The molecule has 3 aliphatic heterocycles. The highest BCUT2D eigenvalue weighted by Crippen LogP contribution is 2.33. The van der Waals surface area contributed by atoms with E-state index < -0.39 is 12.1 Å². The number of furan rings is 1. The number of nitrogens with zero attached hydrogens (tertiary/aromatic N) is 2. The highest BCUT2D eigenvalue weighted by atomic mass is 19.4. The normalized spacial score (nSPS) is 27.4. The summed E-state index contributed by atoms with van der Waals surface area (Å²) in [6.07, 6.45) is 2.90. The second kappa shape index (κ2) is 10.0. The van der Waals surface area contributed by atoms with Gasteiger partial charge >= 0.3 is 12.1 Å². The lowest BCUT2D eigenvalue weighted by molar-refractivity contribution is -0.192. The van der Waals surface area contributed by atoms with Crippen molar-refractivity contribution in [3.8, 4) is 0 Å². The van der Waals surface area contributed by atoms with E-state index in [9.17, 15) is 18.0 Å². The summed E-state index contributed by atoms with van der Waals surface area (Å²) in [4.78, 5) is 26.5. The molecule has 0 radical (unpaired) electrons. The molecule has 1 N–H and O–H groups in total. The Labute approximate surface area is 179 Å². The van der Waals surface area contributed by atoms with Gasteiger partial charge < -0.3 is 19.2 Å². The fraction of sp³-hybridized carbons (Fsp3) is 0.714. The molecule has 0 bridgehead atoms. The van der Waals surface area contributed by atoms with Crippen molar-refractivity contribution in [3.63, 3.8) is 0 Å². The number of amides is 1. The first-order valence-electron chi connectivity index (χ1n) is 10.6. The van der Waals surface area contributed by atoms with Gasteiger partial charge in [0.1, 0.15) is 0 Å². The monoisotopic (exact) mass is 446 g/mol. The van der Waals surface area contributed by atoms with E-state index in [-0.39, 0.29) is 12.0 Å². The molecule has 7 nitrogen and oxygen atoms in total. The highest BCUT2D eigenvalue weighted by Gasteiger charge is 2.43. The van der Waals surface area contributed by atoms with Crippen LogP contribution in [0.15, 0.2) is 23.0 Å². The minimum Gasteiger partial charge on any atom is -0.475 e. The van der Waals surface area contributed by atoms with Crippen molar-refractivity contribution in [3.05, 3.63) is 24.2 Å². The van der Waals surface area contributed by atoms with Gasteiger partial charge in [0, 0.05) is 44.4 Å². The SMILES string of the molecule is CC1CCN(C(=O)[C@@H]2C[C@H]3OCC[C@H]3N(Cc3ccoc3)C2)CC1.O=C(O)C(F)(F)F. The lowest BCUT2D eigenvalue weighted by atomic mass is 9.88. The van der Waals surface area contributed by atoms with Crippen molar-refractivity contribution in [1.29, 1.82) is 0 Å². The molecule has 10 heteroatoms. The molecule has 4 heterocycles. The van der Waals surface area contributed by atoms with Gasteiger partial charge in [-0.15, -0.1) is 0 Å². The molecular formula is C21H29F3N2O5. The number of halogens is 3. The molecule has 0 aliphatic carbocycles. The molecular weight excluding hydrogens is 417 g/mol. The number of hydrogen-bond acceptors (Lipinski definition) is 5. The molecule has 1 aromatic rings. The molecule has 174 valence electrons. The molecule has 0 aromatic carbocycles. The third kappa shape index (κ3) is 6.22. The van der Waals surface area contributed by atoms with Crippen LogP contribution in [0, 0.1) is 11.8 Å². The second-order valence-electron chi connectivity index (χ2n) is 8.57. The van der Waals surface area contributed by atoms with Crippen LogP contribution in [0.3, 0.4) is 0 Å². The maximum absolute atomic E-state index is 13.0. The predicted molar refractivity (Wildman–Crippen MR) is 104 cm³/mol. The first-order chi connectivity index (χ1) is 14.6. The fourth-order valence-corrected chi connectivity index (χ4v) is 4.52. The summed E-state index contributed by atoms with van der Waals surface area (Å²) in [5, 5.41) is 7.12. The second-order valence-corrected chi connectivity index (χ2v) is 8.57. The van der Waals surface area contributed by atoms with Gasteiger partial charge in [-0.2, -0.15) is 13.2 Å². The summed E-state index contributed by atoms with van der Waals surface area (Å²) in [5.74, 6) is -1.59. The zero-order valence-electron chi connectivity index (χ0n) is 17.5. The van der Waals surface area contributed by atoms with E-state index in [0.29, 0.717) is 11.9 Å². The topological polar surface area (TPSA) is 83.2 Å². The Kier molecular flexibility index (Phi) is 7.64. The van der Waals surface area contributed by atoms with Gasteiger partial charge in [-0.3, -0.25) is 9.69 Å². The Hall–Kier alpha value is -2.07. The molecule has 1 amide bonds. The standard InChI is InChI=1S/C19H28N2O3.C2HF3O2/c1-14-2-6-20(7-3-14)19(22)16-10-18-17(5-9-24-18)21(12-16)11-15-4-8-23-13-15;3-2(4,5)1(6)7/h4,8,13-14,16-18H,2-3,5-7,9-12H2,1H3;(H,6,7)/t16-,17-,18-;/m1./s1. The average Bonchev–Trinajstić information content (AvgIpc) is 3.39. The maximum atomic E-state index is 13.0. The van der Waals surface area contributed by atoms with Crippen LogP contribution in [0.2, 0.25) is 0 Å². The zero-order chi connectivity index (χ0) is 22.6. The predicted octanol–water partition coefficient (Wildman–Crippen LogP) is 3.15. The summed E-state index contributed by atoms with van der Waals surface area (Å²) in [6.45, 7) is 6.65. The van der Waals surface area contributed by atoms with Gasteiger partial charge in [-0.1, -0.05) is 6.92 Å². The van der Waals surface area contributed by atoms with Crippen LogP contribution >= 0.6 is 0 Å². The fourth-order valence-electron chi connectivity index (χ4n) is 4.52. The number of aliphatic carboxylic acids is 1. The average molecular weight is 446 g/mol. The van der Waals surface area contributed by atoms with Gasteiger partial charge in [0.2, 0.25) is 5.91 Å². The highest BCUT2D eigenvalue weighted by molar-refractivity contribution is 5.79. The Morgan fingerprint density at radius 1 is 1.23 bits per heavy atom. The van der Waals surface area contributed by atoms with Crippen LogP contribution in [0.5, 0.6) is 0 Å². The Bertz CT molecular complexity index is 732. The van der Waals surface area contributed by atoms with E-state index in [1.807, 2.05) is 12.3 Å². The molecule has 3 fully saturated rings. The van der Waals surface area contributed by atoms with E-state index in [4.69, 9.17) is 19.1 Å². The minimum atomic E-state index is -5.08. The number of carboxylic acids is 1. The molecule has 31 heavy (non-hydrogen) atoms. The third-order valence-corrected chi connectivity index (χ3v) is 6.27. The van der Waals surface area contributed by atoms with E-state index in [1.165, 1.54) is 5.56 Å². The van der Waals surface area contributed by atoms with Gasteiger partial charge in [0.25, 0.3) is 0 Å².